The summed E-state index contributed by atoms with van der Waals surface area (Å²) in [5, 5.41) is 3.41. The number of amides is 4. The molecule has 0 spiro atoms. The van der Waals surface area contributed by atoms with Crippen LogP contribution in [0.25, 0.3) is 0 Å². The molecule has 1 atom stereocenters. The second-order valence-electron chi connectivity index (χ2n) is 7.05. The second-order valence-corrected chi connectivity index (χ2v) is 7.99. The molecule has 0 aromatic heterocycles. The summed E-state index contributed by atoms with van der Waals surface area (Å²) in [7, 11) is 3.04. The molecule has 0 aliphatic carbocycles. The van der Waals surface area contributed by atoms with E-state index in [1.165, 1.54) is 23.7 Å². The smallest absolute Gasteiger partial charge is 0.325 e. The van der Waals surface area contributed by atoms with Crippen molar-refractivity contribution >= 4 is 46.3 Å². The zero-order valence-corrected chi connectivity index (χ0v) is 17.7. The molecule has 1 N–H and O–H groups in total. The molecule has 29 heavy (non-hydrogen) atoms. The molecule has 2 aliphatic rings. The highest BCUT2D eigenvalue weighted by Crippen LogP contribution is 2.23. The van der Waals surface area contributed by atoms with Gasteiger partial charge in [-0.3, -0.25) is 19.4 Å². The van der Waals surface area contributed by atoms with E-state index in [1.54, 1.807) is 17.7 Å². The number of rotatable bonds is 5. The SMILES string of the molecule is C=CC[N+]1=C(SCC(=O)Nc2cc(C)cc(C)c2)N=C2C1C(=O)N(C)C(=O)N2C. The number of anilines is 1. The van der Waals surface area contributed by atoms with Crippen LogP contribution in [-0.4, -0.2) is 75.7 Å². The van der Waals surface area contributed by atoms with Crippen LogP contribution in [0.5, 0.6) is 0 Å². The Kier molecular flexibility index (Phi) is 5.88. The number of hydrogen-bond donors (Lipinski definition) is 1. The fourth-order valence-corrected chi connectivity index (χ4v) is 4.22. The van der Waals surface area contributed by atoms with Crippen LogP contribution in [0.15, 0.2) is 35.8 Å². The standard InChI is InChI=1S/C20H23N5O3S/c1-6-7-25-16-17(23(4)20(28)24(5)18(16)27)22-19(25)29-11-15(26)21-14-9-12(2)8-13(3)10-14/h6,8-10,16H,1,7,11H2,2-5H3/p+1. The summed E-state index contributed by atoms with van der Waals surface area (Å²) in [6, 6.07) is 4.74. The summed E-state index contributed by atoms with van der Waals surface area (Å²) >= 11 is 1.23. The Labute approximate surface area is 174 Å². The number of likely N-dealkylation sites (N-methyl/N-ethyl adjacent to an activating group) is 2. The van der Waals surface area contributed by atoms with Crippen LogP contribution in [-0.2, 0) is 9.59 Å². The Hall–Kier alpha value is -2.94. The van der Waals surface area contributed by atoms with Gasteiger partial charge in [-0.2, -0.15) is 0 Å². The van der Waals surface area contributed by atoms with E-state index in [0.717, 1.165) is 21.7 Å². The number of imide groups is 1. The lowest BCUT2D eigenvalue weighted by Crippen LogP contribution is -2.61. The van der Waals surface area contributed by atoms with Gasteiger partial charge >= 0.3 is 11.2 Å². The number of nitrogens with zero attached hydrogens (tertiary/aromatic N) is 4. The highest BCUT2D eigenvalue weighted by atomic mass is 32.2. The summed E-state index contributed by atoms with van der Waals surface area (Å²) in [5.74, 6) is -0.0172. The lowest BCUT2D eigenvalue weighted by Gasteiger charge is -2.30. The minimum absolute atomic E-state index is 0.126. The predicted molar refractivity (Wildman–Crippen MR) is 114 cm³/mol. The predicted octanol–water partition coefficient (Wildman–Crippen LogP) is 1.83. The van der Waals surface area contributed by atoms with Gasteiger partial charge in [-0.05, 0) is 53.9 Å². The molecule has 2 aliphatic heterocycles. The van der Waals surface area contributed by atoms with Crippen molar-refractivity contribution in [2.75, 3.05) is 31.7 Å². The molecule has 1 saturated heterocycles. The van der Waals surface area contributed by atoms with Crippen LogP contribution >= 0.6 is 11.8 Å². The number of carbonyl (C=O) groups is 3. The van der Waals surface area contributed by atoms with Gasteiger partial charge in [-0.15, -0.1) is 0 Å². The number of benzene rings is 1. The minimum Gasteiger partial charge on any atom is -0.325 e. The van der Waals surface area contributed by atoms with Gasteiger partial charge < -0.3 is 5.32 Å². The van der Waals surface area contributed by atoms with E-state index in [4.69, 9.17) is 0 Å². The van der Waals surface area contributed by atoms with Gasteiger partial charge in [0.25, 0.3) is 17.8 Å². The first kappa shape index (κ1) is 20.8. The van der Waals surface area contributed by atoms with Crippen molar-refractivity contribution in [3.8, 4) is 0 Å². The minimum atomic E-state index is -0.689. The molecule has 9 heteroatoms. The molecule has 1 aromatic carbocycles. The monoisotopic (exact) mass is 414 g/mol. The molecular weight excluding hydrogens is 390 g/mol. The molecule has 3 rings (SSSR count). The maximum Gasteiger partial charge on any atom is 0.358 e. The normalized spacial score (nSPS) is 18.8. The number of aliphatic imine (C=N–C) groups is 1. The quantitative estimate of drug-likeness (QED) is 0.589. The van der Waals surface area contributed by atoms with Crippen LogP contribution in [0.3, 0.4) is 0 Å². The van der Waals surface area contributed by atoms with Crippen molar-refractivity contribution < 1.29 is 19.0 Å². The van der Waals surface area contributed by atoms with E-state index >= 15 is 0 Å². The Morgan fingerprint density at radius 2 is 1.90 bits per heavy atom. The molecule has 2 heterocycles. The zero-order chi connectivity index (χ0) is 21.3. The Morgan fingerprint density at radius 3 is 2.52 bits per heavy atom. The van der Waals surface area contributed by atoms with Gasteiger partial charge in [0.05, 0.1) is 5.75 Å². The van der Waals surface area contributed by atoms with Crippen molar-refractivity contribution in [2.45, 2.75) is 19.9 Å². The Balaban J connectivity index is 1.77. The fourth-order valence-electron chi connectivity index (χ4n) is 3.39. The number of carbonyl (C=O) groups excluding carboxylic acids is 3. The summed E-state index contributed by atoms with van der Waals surface area (Å²) < 4.78 is 1.76. The van der Waals surface area contributed by atoms with E-state index < -0.39 is 12.1 Å². The highest BCUT2D eigenvalue weighted by molar-refractivity contribution is 8.14. The van der Waals surface area contributed by atoms with Gasteiger partial charge in [0.2, 0.25) is 5.91 Å². The number of aryl methyl sites for hydroxylation is 2. The molecule has 4 amide bonds. The topological polar surface area (TPSA) is 85.1 Å². The van der Waals surface area contributed by atoms with Crippen molar-refractivity contribution in [1.82, 2.24) is 9.80 Å². The summed E-state index contributed by atoms with van der Waals surface area (Å²) in [6.07, 6.45) is 1.67. The van der Waals surface area contributed by atoms with E-state index in [2.05, 4.69) is 16.9 Å². The molecular formula is C20H24N5O3S+. The first-order valence-corrected chi connectivity index (χ1v) is 10.1. The van der Waals surface area contributed by atoms with E-state index in [9.17, 15) is 14.4 Å². The van der Waals surface area contributed by atoms with Gasteiger partial charge in [-0.1, -0.05) is 18.7 Å². The lowest BCUT2D eigenvalue weighted by atomic mass is 10.1. The molecule has 1 unspecified atom stereocenters. The molecule has 0 saturated carbocycles. The molecule has 152 valence electrons. The molecule has 1 fully saturated rings. The largest absolute Gasteiger partial charge is 0.358 e. The molecule has 0 bridgehead atoms. The van der Waals surface area contributed by atoms with Crippen LogP contribution < -0.4 is 5.32 Å². The number of fused-ring (bicyclic) bond motifs is 1. The molecule has 8 nitrogen and oxygen atoms in total. The maximum absolute atomic E-state index is 12.7. The van der Waals surface area contributed by atoms with E-state index in [-0.39, 0.29) is 17.6 Å². The first-order chi connectivity index (χ1) is 13.7. The summed E-state index contributed by atoms with van der Waals surface area (Å²) in [5.41, 5.74) is 2.89. The van der Waals surface area contributed by atoms with Crippen molar-refractivity contribution in [1.29, 1.82) is 0 Å². The summed E-state index contributed by atoms with van der Waals surface area (Å²) in [4.78, 5) is 44.2. The van der Waals surface area contributed by atoms with E-state index in [0.29, 0.717) is 17.5 Å². The third kappa shape index (κ3) is 4.09. The van der Waals surface area contributed by atoms with Gasteiger partial charge in [0, 0.05) is 19.8 Å². The van der Waals surface area contributed by atoms with Gasteiger partial charge in [0.1, 0.15) is 6.54 Å². The van der Waals surface area contributed by atoms with Crippen molar-refractivity contribution in [2.24, 2.45) is 4.99 Å². The second kappa shape index (κ2) is 8.20. The van der Waals surface area contributed by atoms with Gasteiger partial charge in [-0.25, -0.2) is 9.37 Å². The average Bonchev–Trinajstić information content (AvgIpc) is 3.01. The third-order valence-electron chi connectivity index (χ3n) is 4.66. The third-order valence-corrected chi connectivity index (χ3v) is 5.65. The number of nitrogens with one attached hydrogen (secondary N) is 1. The molecule has 0 radical (unpaired) electrons. The number of thioether (sulfide) groups is 1. The van der Waals surface area contributed by atoms with Crippen LogP contribution in [0, 0.1) is 13.8 Å². The van der Waals surface area contributed by atoms with Crippen molar-refractivity contribution in [3.63, 3.8) is 0 Å². The Morgan fingerprint density at radius 1 is 1.24 bits per heavy atom. The van der Waals surface area contributed by atoms with Crippen molar-refractivity contribution in [3.05, 3.63) is 42.0 Å². The van der Waals surface area contributed by atoms with Crippen LogP contribution in [0.4, 0.5) is 10.5 Å². The maximum atomic E-state index is 12.7. The van der Waals surface area contributed by atoms with Crippen LogP contribution in [0.1, 0.15) is 11.1 Å². The van der Waals surface area contributed by atoms with Gasteiger partial charge in [0.15, 0.2) is 0 Å². The number of amidine groups is 2. The van der Waals surface area contributed by atoms with E-state index in [1.807, 2.05) is 32.0 Å². The average molecular weight is 415 g/mol. The number of hydrogen-bond acceptors (Lipinski definition) is 5. The van der Waals surface area contributed by atoms with Crippen LogP contribution in [0.2, 0.25) is 0 Å². The zero-order valence-electron chi connectivity index (χ0n) is 16.9. The number of urea groups is 1. The lowest BCUT2D eigenvalue weighted by molar-refractivity contribution is -0.522. The summed E-state index contributed by atoms with van der Waals surface area (Å²) in [6.45, 7) is 8.07. The molecule has 1 aromatic rings. The highest BCUT2D eigenvalue weighted by Gasteiger charge is 2.52. The first-order valence-electron chi connectivity index (χ1n) is 9.12. The Bertz CT molecular complexity index is 949. The fraction of sp³-hybridized carbons (Fsp3) is 0.350.